The van der Waals surface area contributed by atoms with Crippen molar-refractivity contribution in [3.05, 3.63) is 182 Å². The van der Waals surface area contributed by atoms with E-state index in [1.165, 1.54) is 0 Å². The third-order valence-corrected chi connectivity index (χ3v) is 11.2. The second kappa shape index (κ2) is 12.8. The summed E-state index contributed by atoms with van der Waals surface area (Å²) < 4.78 is 12.8. The van der Waals surface area contributed by atoms with Crippen molar-refractivity contribution < 1.29 is 8.83 Å². The number of benzene rings is 8. The zero-order valence-electron chi connectivity index (χ0n) is 30.9. The average molecular weight is 743 g/mol. The maximum Gasteiger partial charge on any atom is 0.164 e. The molecule has 270 valence electrons. The zero-order valence-corrected chi connectivity index (χ0v) is 30.9. The Morgan fingerprint density at radius 3 is 1.91 bits per heavy atom. The van der Waals surface area contributed by atoms with Crippen LogP contribution in [0.5, 0.6) is 0 Å². The van der Waals surface area contributed by atoms with Crippen molar-refractivity contribution >= 4 is 65.6 Å². The smallest absolute Gasteiger partial charge is 0.164 e. The largest absolute Gasteiger partial charge is 0.456 e. The van der Waals surface area contributed by atoms with Crippen LogP contribution in [0, 0.1) is 0 Å². The molecule has 0 aliphatic carbocycles. The molecule has 58 heavy (non-hydrogen) atoms. The monoisotopic (exact) mass is 742 g/mol. The fourth-order valence-electron chi connectivity index (χ4n) is 8.44. The summed E-state index contributed by atoms with van der Waals surface area (Å²) in [4.78, 5) is 20.5. The van der Waals surface area contributed by atoms with Crippen molar-refractivity contribution in [2.45, 2.75) is 0 Å². The number of hydrogen-bond acceptors (Lipinski definition) is 6. The van der Waals surface area contributed by atoms with Gasteiger partial charge in [0.05, 0.1) is 5.52 Å². The maximum atomic E-state index is 6.48. The van der Waals surface area contributed by atoms with E-state index in [0.717, 1.165) is 104 Å². The Kier molecular flexibility index (Phi) is 7.13. The van der Waals surface area contributed by atoms with Crippen LogP contribution in [-0.2, 0) is 0 Å². The lowest BCUT2D eigenvalue weighted by molar-refractivity contribution is 0.669. The van der Waals surface area contributed by atoms with Crippen LogP contribution in [0.4, 0.5) is 0 Å². The first-order valence-corrected chi connectivity index (χ1v) is 19.3. The summed E-state index contributed by atoms with van der Waals surface area (Å²) in [5.74, 6) is 1.72. The van der Waals surface area contributed by atoms with E-state index in [1.807, 2.05) is 54.7 Å². The van der Waals surface area contributed by atoms with Crippen LogP contribution in [0.25, 0.3) is 122 Å². The molecule has 0 aliphatic heterocycles. The first-order chi connectivity index (χ1) is 28.7. The predicted octanol–water partition coefficient (Wildman–Crippen LogP) is 13.7. The molecule has 0 amide bonds. The van der Waals surface area contributed by atoms with E-state index in [1.54, 1.807) is 0 Å². The summed E-state index contributed by atoms with van der Waals surface area (Å²) >= 11 is 0. The van der Waals surface area contributed by atoms with Gasteiger partial charge in [-0.1, -0.05) is 121 Å². The Morgan fingerprint density at radius 2 is 1.00 bits per heavy atom. The highest BCUT2D eigenvalue weighted by Crippen LogP contribution is 2.42. The minimum absolute atomic E-state index is 0.557. The summed E-state index contributed by atoms with van der Waals surface area (Å²) in [7, 11) is 0. The third kappa shape index (κ3) is 5.20. The van der Waals surface area contributed by atoms with Gasteiger partial charge in [-0.15, -0.1) is 0 Å². The van der Waals surface area contributed by atoms with Crippen LogP contribution in [0.15, 0.2) is 191 Å². The zero-order chi connectivity index (χ0) is 38.2. The van der Waals surface area contributed by atoms with Crippen molar-refractivity contribution in [3.63, 3.8) is 0 Å². The van der Waals surface area contributed by atoms with Crippen molar-refractivity contribution in [2.75, 3.05) is 0 Å². The lowest BCUT2D eigenvalue weighted by atomic mass is 9.93. The fourth-order valence-corrected chi connectivity index (χ4v) is 8.44. The van der Waals surface area contributed by atoms with Crippen LogP contribution in [0.3, 0.4) is 0 Å². The Balaban J connectivity index is 1.11. The van der Waals surface area contributed by atoms with E-state index in [-0.39, 0.29) is 0 Å². The SMILES string of the molecule is c1ccc(-c2ccccc2-c2nc(-c3ccc4c(c3)oc3ccccc34)nc(-c3cc(-c4cccc5oc6cc7cccnc7cc6c45)cc4ccccc34)n2)cc1. The van der Waals surface area contributed by atoms with E-state index in [2.05, 4.69) is 132 Å². The molecule has 0 aliphatic rings. The van der Waals surface area contributed by atoms with Gasteiger partial charge in [-0.25, -0.2) is 15.0 Å². The topological polar surface area (TPSA) is 77.8 Å². The van der Waals surface area contributed by atoms with E-state index in [4.69, 9.17) is 23.8 Å². The quantitative estimate of drug-likeness (QED) is 0.175. The fraction of sp³-hybridized carbons (Fsp3) is 0. The molecule has 0 unspecified atom stereocenters. The molecular weight excluding hydrogens is 713 g/mol. The molecule has 12 rings (SSSR count). The molecule has 12 aromatic rings. The van der Waals surface area contributed by atoms with E-state index in [0.29, 0.717) is 17.5 Å². The highest BCUT2D eigenvalue weighted by Gasteiger charge is 2.20. The first kappa shape index (κ1) is 32.3. The van der Waals surface area contributed by atoms with Gasteiger partial charge < -0.3 is 8.83 Å². The Labute approximate surface area is 331 Å². The normalized spacial score (nSPS) is 11.8. The van der Waals surface area contributed by atoms with Crippen LogP contribution in [-0.4, -0.2) is 19.9 Å². The molecule has 8 aromatic carbocycles. The highest BCUT2D eigenvalue weighted by molar-refractivity contribution is 6.16. The Bertz CT molecular complexity index is 3590. The van der Waals surface area contributed by atoms with Gasteiger partial charge in [0.25, 0.3) is 0 Å². The molecular formula is C52H30N4O2. The standard InChI is InChI=1S/C52H30N4O2/c1-2-12-31(13-3-1)36-16-6-7-19-41(36)51-54-50(34-23-24-40-39-18-8-9-21-45(39)57-47(40)29-34)55-52(56-51)42-27-35(26-32-14-4-5-17-37(32)42)38-20-10-22-46-49(38)43-30-44-33(15-11-25-53-44)28-48(43)58-46/h1-30H. The van der Waals surface area contributed by atoms with Gasteiger partial charge >= 0.3 is 0 Å². The molecule has 4 heterocycles. The summed E-state index contributed by atoms with van der Waals surface area (Å²) in [5.41, 5.74) is 11.1. The first-order valence-electron chi connectivity index (χ1n) is 19.3. The number of furan rings is 2. The predicted molar refractivity (Wildman–Crippen MR) is 234 cm³/mol. The molecule has 4 aromatic heterocycles. The lowest BCUT2D eigenvalue weighted by Gasteiger charge is -2.14. The van der Waals surface area contributed by atoms with Gasteiger partial charge in [-0.3, -0.25) is 4.98 Å². The molecule has 0 N–H and O–H groups in total. The van der Waals surface area contributed by atoms with Crippen molar-refractivity contribution in [1.29, 1.82) is 0 Å². The molecule has 0 saturated heterocycles. The van der Waals surface area contributed by atoms with Crippen molar-refractivity contribution in [3.8, 4) is 56.4 Å². The maximum absolute atomic E-state index is 6.48. The molecule has 6 nitrogen and oxygen atoms in total. The number of nitrogens with zero attached hydrogens (tertiary/aromatic N) is 4. The van der Waals surface area contributed by atoms with Crippen LogP contribution in [0.1, 0.15) is 0 Å². The second-order valence-electron chi connectivity index (χ2n) is 14.6. The number of rotatable bonds is 5. The summed E-state index contributed by atoms with van der Waals surface area (Å²) in [6, 6.07) is 60.4. The van der Waals surface area contributed by atoms with Gasteiger partial charge in [-0.2, -0.15) is 0 Å². The Morgan fingerprint density at radius 1 is 0.328 bits per heavy atom. The van der Waals surface area contributed by atoms with Gasteiger partial charge in [-0.05, 0) is 87.6 Å². The van der Waals surface area contributed by atoms with E-state index in [9.17, 15) is 0 Å². The molecule has 0 saturated carbocycles. The Hall–Kier alpha value is -7.96. The number of hydrogen-bond donors (Lipinski definition) is 0. The molecule has 6 heteroatoms. The minimum Gasteiger partial charge on any atom is -0.456 e. The third-order valence-electron chi connectivity index (χ3n) is 11.2. The number of pyridine rings is 1. The lowest BCUT2D eigenvalue weighted by Crippen LogP contribution is -2.01. The number of aromatic nitrogens is 4. The van der Waals surface area contributed by atoms with E-state index >= 15 is 0 Å². The highest BCUT2D eigenvalue weighted by atomic mass is 16.3. The summed E-state index contributed by atoms with van der Waals surface area (Å²) in [6.45, 7) is 0. The second-order valence-corrected chi connectivity index (χ2v) is 14.6. The van der Waals surface area contributed by atoms with Gasteiger partial charge in [0.2, 0.25) is 0 Å². The minimum atomic E-state index is 0.557. The molecule has 0 bridgehead atoms. The molecule has 0 spiro atoms. The van der Waals surface area contributed by atoms with Crippen LogP contribution >= 0.6 is 0 Å². The van der Waals surface area contributed by atoms with Gasteiger partial charge in [0, 0.05) is 49.8 Å². The van der Waals surface area contributed by atoms with Crippen LogP contribution in [0.2, 0.25) is 0 Å². The number of para-hydroxylation sites is 1. The number of fused-ring (bicyclic) bond motifs is 8. The molecule has 0 atom stereocenters. The summed E-state index contributed by atoms with van der Waals surface area (Å²) in [5, 5.41) is 7.34. The van der Waals surface area contributed by atoms with E-state index < -0.39 is 0 Å². The van der Waals surface area contributed by atoms with Crippen LogP contribution < -0.4 is 0 Å². The summed E-state index contributed by atoms with van der Waals surface area (Å²) in [6.07, 6.45) is 1.83. The molecule has 0 radical (unpaired) electrons. The average Bonchev–Trinajstić information content (AvgIpc) is 3.85. The molecule has 0 fully saturated rings. The van der Waals surface area contributed by atoms with Crippen molar-refractivity contribution in [2.24, 2.45) is 0 Å². The van der Waals surface area contributed by atoms with Gasteiger partial charge in [0.1, 0.15) is 22.3 Å². The van der Waals surface area contributed by atoms with Crippen molar-refractivity contribution in [1.82, 2.24) is 19.9 Å². The van der Waals surface area contributed by atoms with Gasteiger partial charge in [0.15, 0.2) is 17.5 Å².